The van der Waals surface area contributed by atoms with Gasteiger partial charge in [0, 0.05) is 6.07 Å². The first-order valence-electron chi connectivity index (χ1n) is 3.07. The largest absolute Gasteiger partial charge is 0.411 e. The second kappa shape index (κ2) is 3.34. The fraction of sp³-hybridized carbons (Fsp3) is 0. The number of carbonyl (C=O) groups is 1. The molecule has 0 saturated carbocycles. The normalized spacial score (nSPS) is 8.58. The first-order valence-corrected chi connectivity index (χ1v) is 3.07. The molecule has 0 aliphatic heterocycles. The van der Waals surface area contributed by atoms with Gasteiger partial charge in [-0.2, -0.15) is 5.26 Å². The minimum Gasteiger partial charge on any atom is -0.391 e. The third-order valence-electron chi connectivity index (χ3n) is 1.04. The number of ether oxygens (including phenoxy) is 1. The van der Waals surface area contributed by atoms with Crippen LogP contribution in [0.3, 0.4) is 0 Å². The van der Waals surface area contributed by atoms with Crippen molar-refractivity contribution in [3.63, 3.8) is 0 Å². The van der Waals surface area contributed by atoms with Gasteiger partial charge in [-0.1, -0.05) is 6.07 Å². The van der Waals surface area contributed by atoms with Crippen LogP contribution in [-0.4, -0.2) is 11.1 Å². The highest BCUT2D eigenvalue weighted by molar-refractivity contribution is 5.67. The van der Waals surface area contributed by atoms with Crippen LogP contribution in [0, 0.1) is 11.3 Å². The average molecular weight is 163 g/mol. The summed E-state index contributed by atoms with van der Waals surface area (Å²) in [5, 5.41) is 8.41. The van der Waals surface area contributed by atoms with Gasteiger partial charge in [-0.3, -0.25) is 0 Å². The number of amides is 1. The number of pyridine rings is 1. The van der Waals surface area contributed by atoms with E-state index >= 15 is 0 Å². The summed E-state index contributed by atoms with van der Waals surface area (Å²) in [6, 6.07) is 6.27. The van der Waals surface area contributed by atoms with Crippen LogP contribution in [0.4, 0.5) is 4.79 Å². The molecule has 60 valence electrons. The number of hydrogen-bond acceptors (Lipinski definition) is 4. The lowest BCUT2D eigenvalue weighted by Crippen LogP contribution is -2.16. The van der Waals surface area contributed by atoms with E-state index in [0.29, 0.717) is 0 Å². The van der Waals surface area contributed by atoms with Gasteiger partial charge in [-0.05, 0) is 6.07 Å². The van der Waals surface area contributed by atoms with Crippen molar-refractivity contribution in [1.82, 2.24) is 4.98 Å². The maximum atomic E-state index is 10.2. The van der Waals surface area contributed by atoms with Gasteiger partial charge in [0.1, 0.15) is 11.8 Å². The zero-order chi connectivity index (χ0) is 8.97. The molecule has 0 radical (unpaired) electrons. The predicted molar refractivity (Wildman–Crippen MR) is 39.2 cm³/mol. The monoisotopic (exact) mass is 163 g/mol. The van der Waals surface area contributed by atoms with Crippen LogP contribution in [0.2, 0.25) is 0 Å². The third-order valence-corrected chi connectivity index (χ3v) is 1.04. The van der Waals surface area contributed by atoms with Gasteiger partial charge in [0.15, 0.2) is 0 Å². The average Bonchev–Trinajstić information content (AvgIpc) is 2.03. The molecule has 0 aliphatic rings. The summed E-state index contributed by atoms with van der Waals surface area (Å²) < 4.78 is 4.43. The number of hydrogen-bond donors (Lipinski definition) is 1. The molecule has 0 aliphatic carbocycles. The van der Waals surface area contributed by atoms with E-state index in [1.54, 1.807) is 12.1 Å². The summed E-state index contributed by atoms with van der Waals surface area (Å²) in [5.74, 6) is 0.0292. The second-order valence-corrected chi connectivity index (χ2v) is 1.89. The molecule has 0 atom stereocenters. The maximum Gasteiger partial charge on any atom is 0.411 e. The molecule has 0 unspecified atom stereocenters. The van der Waals surface area contributed by atoms with Crippen molar-refractivity contribution in [2.75, 3.05) is 0 Å². The molecule has 1 aromatic heterocycles. The summed E-state index contributed by atoms with van der Waals surface area (Å²) in [6.45, 7) is 0. The number of nitrogens with two attached hydrogens (primary N) is 1. The van der Waals surface area contributed by atoms with Crippen molar-refractivity contribution in [3.05, 3.63) is 23.9 Å². The molecule has 1 aromatic rings. The van der Waals surface area contributed by atoms with Gasteiger partial charge in [0.25, 0.3) is 0 Å². The first kappa shape index (κ1) is 8.01. The molecule has 0 saturated heterocycles. The van der Waals surface area contributed by atoms with Gasteiger partial charge in [0.2, 0.25) is 5.88 Å². The maximum absolute atomic E-state index is 10.2. The molecule has 0 bridgehead atoms. The van der Waals surface area contributed by atoms with Crippen LogP contribution in [0.15, 0.2) is 18.2 Å². The molecular weight excluding hydrogens is 158 g/mol. The third kappa shape index (κ3) is 1.95. The van der Waals surface area contributed by atoms with Crippen LogP contribution in [-0.2, 0) is 0 Å². The molecule has 0 aromatic carbocycles. The molecular formula is C7H5N3O2. The summed E-state index contributed by atoms with van der Waals surface area (Å²) in [7, 11) is 0. The van der Waals surface area contributed by atoms with Gasteiger partial charge < -0.3 is 10.5 Å². The molecule has 0 fully saturated rings. The Hall–Kier alpha value is -2.09. The van der Waals surface area contributed by atoms with Crippen LogP contribution in [0.5, 0.6) is 5.88 Å². The van der Waals surface area contributed by atoms with Crippen molar-refractivity contribution in [3.8, 4) is 11.9 Å². The smallest absolute Gasteiger partial charge is 0.391 e. The highest BCUT2D eigenvalue weighted by Gasteiger charge is 2.00. The van der Waals surface area contributed by atoms with Crippen LogP contribution in [0.25, 0.3) is 0 Å². The van der Waals surface area contributed by atoms with Gasteiger partial charge >= 0.3 is 6.09 Å². The minimum atomic E-state index is -0.947. The Balaban J connectivity index is 2.88. The van der Waals surface area contributed by atoms with Gasteiger partial charge in [0.05, 0.1) is 0 Å². The van der Waals surface area contributed by atoms with Crippen molar-refractivity contribution in [1.29, 1.82) is 5.26 Å². The zero-order valence-corrected chi connectivity index (χ0v) is 6.02. The second-order valence-electron chi connectivity index (χ2n) is 1.89. The number of rotatable bonds is 1. The molecule has 12 heavy (non-hydrogen) atoms. The molecule has 5 heteroatoms. The fourth-order valence-corrected chi connectivity index (χ4v) is 0.637. The van der Waals surface area contributed by atoms with Crippen LogP contribution >= 0.6 is 0 Å². The SMILES string of the molecule is N#Cc1cccc(OC(N)=O)n1. The van der Waals surface area contributed by atoms with Crippen LogP contribution < -0.4 is 10.5 Å². The molecule has 5 nitrogen and oxygen atoms in total. The van der Waals surface area contributed by atoms with Crippen molar-refractivity contribution < 1.29 is 9.53 Å². The molecule has 2 N–H and O–H groups in total. The van der Waals surface area contributed by atoms with E-state index in [1.165, 1.54) is 12.1 Å². The lowest BCUT2D eigenvalue weighted by molar-refractivity contribution is 0.209. The first-order chi connectivity index (χ1) is 5.72. The van der Waals surface area contributed by atoms with E-state index in [-0.39, 0.29) is 11.6 Å². The Morgan fingerprint density at radius 3 is 3.00 bits per heavy atom. The molecule has 1 heterocycles. The lowest BCUT2D eigenvalue weighted by atomic mass is 10.4. The van der Waals surface area contributed by atoms with E-state index in [4.69, 9.17) is 11.0 Å². The number of aromatic nitrogens is 1. The standard InChI is InChI=1S/C7H5N3O2/c8-4-5-2-1-3-6(10-5)12-7(9)11/h1-3H,(H2,9,11). The summed E-state index contributed by atoms with van der Waals surface area (Å²) >= 11 is 0. The van der Waals surface area contributed by atoms with E-state index in [1.807, 2.05) is 0 Å². The highest BCUT2D eigenvalue weighted by atomic mass is 16.6. The lowest BCUT2D eigenvalue weighted by Gasteiger charge is -1.97. The highest BCUT2D eigenvalue weighted by Crippen LogP contribution is 2.05. The number of nitriles is 1. The Morgan fingerprint density at radius 1 is 1.67 bits per heavy atom. The molecule has 1 rings (SSSR count). The quantitative estimate of drug-likeness (QED) is 0.649. The van der Waals surface area contributed by atoms with Crippen molar-refractivity contribution >= 4 is 6.09 Å². The number of nitrogens with zero attached hydrogens (tertiary/aromatic N) is 2. The zero-order valence-electron chi connectivity index (χ0n) is 6.02. The number of carbonyl (C=O) groups excluding carboxylic acids is 1. The summed E-state index contributed by atoms with van der Waals surface area (Å²) in [4.78, 5) is 13.9. The molecule has 0 spiro atoms. The van der Waals surface area contributed by atoms with Crippen LogP contribution in [0.1, 0.15) is 5.69 Å². The molecule has 1 amide bonds. The van der Waals surface area contributed by atoms with Gasteiger partial charge in [-0.15, -0.1) is 0 Å². The van der Waals surface area contributed by atoms with Crippen molar-refractivity contribution in [2.45, 2.75) is 0 Å². The van der Waals surface area contributed by atoms with Gasteiger partial charge in [-0.25, -0.2) is 9.78 Å². The fourth-order valence-electron chi connectivity index (χ4n) is 0.637. The summed E-state index contributed by atoms with van der Waals surface area (Å²) in [5.41, 5.74) is 4.91. The topological polar surface area (TPSA) is 89.0 Å². The van der Waals surface area contributed by atoms with E-state index < -0.39 is 6.09 Å². The predicted octanol–water partition coefficient (Wildman–Crippen LogP) is 0.411. The minimum absolute atomic E-state index is 0.0292. The number of primary amides is 1. The van der Waals surface area contributed by atoms with E-state index in [9.17, 15) is 4.79 Å². The van der Waals surface area contributed by atoms with E-state index in [0.717, 1.165) is 0 Å². The Kier molecular flexibility index (Phi) is 2.23. The summed E-state index contributed by atoms with van der Waals surface area (Å²) in [6.07, 6.45) is -0.947. The Morgan fingerprint density at radius 2 is 2.42 bits per heavy atom. The Labute approximate surface area is 68.4 Å². The van der Waals surface area contributed by atoms with E-state index in [2.05, 4.69) is 9.72 Å². The van der Waals surface area contributed by atoms with Crippen molar-refractivity contribution in [2.24, 2.45) is 5.73 Å². The Bertz CT molecular complexity index is 343.